The van der Waals surface area contributed by atoms with Gasteiger partial charge >= 0.3 is 0 Å². The molecule has 1 aromatic heterocycles. The summed E-state index contributed by atoms with van der Waals surface area (Å²) in [6.45, 7) is 0.540. The first kappa shape index (κ1) is 11.1. The highest BCUT2D eigenvalue weighted by atomic mass is 14.9. The molecule has 0 saturated carbocycles. The molecule has 0 atom stereocenters. The van der Waals surface area contributed by atoms with Gasteiger partial charge in [-0.05, 0) is 42.9 Å². The predicted molar refractivity (Wildman–Crippen MR) is 75.7 cm³/mol. The summed E-state index contributed by atoms with van der Waals surface area (Å²) < 4.78 is 0. The van der Waals surface area contributed by atoms with E-state index in [1.54, 1.807) is 0 Å². The third-order valence-corrected chi connectivity index (χ3v) is 3.57. The molecule has 90 valence electrons. The maximum Gasteiger partial charge on any atom is 0.0763 e. The van der Waals surface area contributed by atoms with Crippen LogP contribution in [0.3, 0.4) is 0 Å². The smallest absolute Gasteiger partial charge is 0.0763 e. The van der Waals surface area contributed by atoms with Gasteiger partial charge in [0.1, 0.15) is 0 Å². The molecule has 0 aliphatic heterocycles. The Labute approximate surface area is 107 Å². The van der Waals surface area contributed by atoms with Gasteiger partial charge in [-0.3, -0.25) is 4.98 Å². The number of benzene rings is 1. The lowest BCUT2D eigenvalue weighted by molar-refractivity contribution is 0.689. The van der Waals surface area contributed by atoms with Gasteiger partial charge in [-0.2, -0.15) is 0 Å². The van der Waals surface area contributed by atoms with Crippen molar-refractivity contribution in [3.8, 4) is 12.3 Å². The van der Waals surface area contributed by atoms with Gasteiger partial charge in [-0.1, -0.05) is 18.1 Å². The van der Waals surface area contributed by atoms with Crippen LogP contribution in [0, 0.1) is 12.3 Å². The number of aromatic nitrogens is 1. The number of nitrogens with one attached hydrogen (secondary N) is 1. The van der Waals surface area contributed by atoms with E-state index in [1.807, 2.05) is 6.20 Å². The molecule has 1 aliphatic carbocycles. The Hall–Kier alpha value is -2.01. The molecule has 0 unspecified atom stereocenters. The second-order valence-electron chi connectivity index (χ2n) is 4.76. The number of anilines is 1. The molecule has 0 fully saturated rings. The molecule has 2 nitrogen and oxygen atoms in total. The molecule has 18 heavy (non-hydrogen) atoms. The molecule has 2 heteroatoms. The fourth-order valence-corrected chi connectivity index (χ4v) is 2.68. The zero-order chi connectivity index (χ0) is 12.4. The van der Waals surface area contributed by atoms with Crippen LogP contribution < -0.4 is 5.32 Å². The SMILES string of the molecule is C#CCNc1cnc2c3c(ccc2c1)CCCC3. The molecule has 0 saturated heterocycles. The Kier molecular flexibility index (Phi) is 2.90. The van der Waals surface area contributed by atoms with Crippen LogP contribution in [0.4, 0.5) is 5.69 Å². The molecule has 0 spiro atoms. The molecule has 1 aliphatic rings. The first-order valence-electron chi connectivity index (χ1n) is 6.46. The largest absolute Gasteiger partial charge is 0.373 e. The van der Waals surface area contributed by atoms with Crippen LogP contribution in [0.25, 0.3) is 10.9 Å². The van der Waals surface area contributed by atoms with Crippen molar-refractivity contribution in [3.63, 3.8) is 0 Å². The van der Waals surface area contributed by atoms with Gasteiger partial charge in [-0.25, -0.2) is 0 Å². The topological polar surface area (TPSA) is 24.9 Å². The second-order valence-corrected chi connectivity index (χ2v) is 4.76. The van der Waals surface area contributed by atoms with Crippen LogP contribution >= 0.6 is 0 Å². The van der Waals surface area contributed by atoms with E-state index >= 15 is 0 Å². The lowest BCUT2D eigenvalue weighted by Crippen LogP contribution is -2.05. The highest BCUT2D eigenvalue weighted by molar-refractivity contribution is 5.85. The average Bonchev–Trinajstić information content (AvgIpc) is 2.44. The molecular weight excluding hydrogens is 220 g/mol. The Balaban J connectivity index is 2.06. The summed E-state index contributed by atoms with van der Waals surface area (Å²) in [4.78, 5) is 4.62. The monoisotopic (exact) mass is 236 g/mol. The minimum Gasteiger partial charge on any atom is -0.373 e. The van der Waals surface area contributed by atoms with E-state index in [0.717, 1.165) is 12.1 Å². The minimum atomic E-state index is 0.540. The average molecular weight is 236 g/mol. The predicted octanol–water partition coefficient (Wildman–Crippen LogP) is 3.16. The van der Waals surface area contributed by atoms with Crippen molar-refractivity contribution in [2.45, 2.75) is 25.7 Å². The van der Waals surface area contributed by atoms with Crippen LogP contribution in [0.15, 0.2) is 24.4 Å². The van der Waals surface area contributed by atoms with E-state index in [4.69, 9.17) is 6.42 Å². The molecule has 3 rings (SSSR count). The van der Waals surface area contributed by atoms with Gasteiger partial charge in [-0.15, -0.1) is 6.42 Å². The zero-order valence-electron chi connectivity index (χ0n) is 10.4. The molecule has 0 radical (unpaired) electrons. The Bertz CT molecular complexity index is 623. The third-order valence-electron chi connectivity index (χ3n) is 3.57. The Morgan fingerprint density at radius 3 is 3.06 bits per heavy atom. The van der Waals surface area contributed by atoms with Gasteiger partial charge in [0, 0.05) is 5.39 Å². The minimum absolute atomic E-state index is 0.540. The lowest BCUT2D eigenvalue weighted by atomic mass is 9.90. The number of aryl methyl sites for hydroxylation is 2. The zero-order valence-corrected chi connectivity index (χ0v) is 10.4. The fourth-order valence-electron chi connectivity index (χ4n) is 2.68. The maximum absolute atomic E-state index is 5.25. The normalized spacial score (nSPS) is 13.9. The van der Waals surface area contributed by atoms with Crippen molar-refractivity contribution >= 4 is 16.6 Å². The third kappa shape index (κ3) is 1.93. The van der Waals surface area contributed by atoms with E-state index in [-0.39, 0.29) is 0 Å². The van der Waals surface area contributed by atoms with E-state index < -0.39 is 0 Å². The summed E-state index contributed by atoms with van der Waals surface area (Å²) in [5, 5.41) is 4.37. The molecule has 2 aromatic rings. The summed E-state index contributed by atoms with van der Waals surface area (Å²) in [7, 11) is 0. The second kappa shape index (κ2) is 4.70. The summed E-state index contributed by atoms with van der Waals surface area (Å²) >= 11 is 0. The number of rotatable bonds is 2. The molecule has 0 amide bonds. The van der Waals surface area contributed by atoms with E-state index in [0.29, 0.717) is 6.54 Å². The number of hydrogen-bond acceptors (Lipinski definition) is 2. The summed E-state index contributed by atoms with van der Waals surface area (Å²) in [6.07, 6.45) is 12.1. The van der Waals surface area contributed by atoms with Crippen molar-refractivity contribution < 1.29 is 0 Å². The number of nitrogens with zero attached hydrogens (tertiary/aromatic N) is 1. The van der Waals surface area contributed by atoms with Gasteiger partial charge < -0.3 is 5.32 Å². The standard InChI is InChI=1S/C16H16N2/c1-2-9-17-14-10-13-8-7-12-5-3-4-6-15(12)16(13)18-11-14/h1,7-8,10-11,17H,3-6,9H2. The number of fused-ring (bicyclic) bond motifs is 3. The molecule has 1 heterocycles. The number of pyridine rings is 1. The summed E-state index contributed by atoms with van der Waals surface area (Å²) in [5.74, 6) is 2.58. The van der Waals surface area contributed by atoms with Gasteiger partial charge in [0.25, 0.3) is 0 Å². The van der Waals surface area contributed by atoms with Crippen LogP contribution in [0.2, 0.25) is 0 Å². The summed E-state index contributed by atoms with van der Waals surface area (Å²) in [5.41, 5.74) is 5.09. The molecule has 0 bridgehead atoms. The quantitative estimate of drug-likeness (QED) is 0.810. The van der Waals surface area contributed by atoms with Gasteiger partial charge in [0.15, 0.2) is 0 Å². The van der Waals surface area contributed by atoms with Crippen molar-refractivity contribution in [2.75, 3.05) is 11.9 Å². The number of hydrogen-bond donors (Lipinski definition) is 1. The van der Waals surface area contributed by atoms with E-state index in [2.05, 4.69) is 34.4 Å². The van der Waals surface area contributed by atoms with Crippen LogP contribution in [0.1, 0.15) is 24.0 Å². The first-order chi connectivity index (χ1) is 8.88. The van der Waals surface area contributed by atoms with E-state index in [1.165, 1.54) is 41.3 Å². The van der Waals surface area contributed by atoms with Crippen molar-refractivity contribution in [1.29, 1.82) is 0 Å². The van der Waals surface area contributed by atoms with Crippen molar-refractivity contribution in [1.82, 2.24) is 4.98 Å². The number of terminal acetylenes is 1. The fraction of sp³-hybridized carbons (Fsp3) is 0.312. The lowest BCUT2D eigenvalue weighted by Gasteiger charge is -2.17. The van der Waals surface area contributed by atoms with Gasteiger partial charge in [0.2, 0.25) is 0 Å². The van der Waals surface area contributed by atoms with Crippen molar-refractivity contribution in [3.05, 3.63) is 35.5 Å². The highest BCUT2D eigenvalue weighted by Gasteiger charge is 2.13. The van der Waals surface area contributed by atoms with E-state index in [9.17, 15) is 0 Å². The maximum atomic E-state index is 5.25. The summed E-state index contributed by atoms with van der Waals surface area (Å²) in [6, 6.07) is 6.56. The van der Waals surface area contributed by atoms with Crippen LogP contribution in [-0.4, -0.2) is 11.5 Å². The highest BCUT2D eigenvalue weighted by Crippen LogP contribution is 2.28. The molecular formula is C16H16N2. The van der Waals surface area contributed by atoms with Crippen molar-refractivity contribution in [2.24, 2.45) is 0 Å². The first-order valence-corrected chi connectivity index (χ1v) is 6.46. The Morgan fingerprint density at radius 1 is 1.28 bits per heavy atom. The van der Waals surface area contributed by atoms with Gasteiger partial charge in [0.05, 0.1) is 23.9 Å². The van der Waals surface area contributed by atoms with Crippen LogP contribution in [0.5, 0.6) is 0 Å². The molecule has 1 aromatic carbocycles. The van der Waals surface area contributed by atoms with Crippen LogP contribution in [-0.2, 0) is 12.8 Å². The molecule has 1 N–H and O–H groups in total. The Morgan fingerprint density at radius 2 is 2.17 bits per heavy atom.